The number of halogens is 1. The van der Waals surface area contributed by atoms with Gasteiger partial charge in [-0.15, -0.1) is 5.10 Å². The maximum absolute atomic E-state index is 13.0. The summed E-state index contributed by atoms with van der Waals surface area (Å²) >= 11 is 6.55. The predicted octanol–water partition coefficient (Wildman–Crippen LogP) is 4.81. The number of aromatic nitrogens is 3. The molecule has 0 saturated heterocycles. The molecule has 4 aromatic rings. The first kappa shape index (κ1) is 26.5. The minimum Gasteiger partial charge on any atom is -0.494 e. The Bertz CT molecular complexity index is 1740. The van der Waals surface area contributed by atoms with E-state index >= 15 is 0 Å². The molecular formula is C28H27ClN4O6S. The van der Waals surface area contributed by atoms with Gasteiger partial charge in [0.2, 0.25) is 0 Å². The van der Waals surface area contributed by atoms with Crippen molar-refractivity contribution in [2.45, 2.75) is 51.7 Å². The summed E-state index contributed by atoms with van der Waals surface area (Å²) in [6.45, 7) is 3.09. The van der Waals surface area contributed by atoms with Crippen LogP contribution in [0.25, 0.3) is 11.0 Å². The quantitative estimate of drug-likeness (QED) is 0.357. The number of aliphatic carboxylic acids is 1. The highest BCUT2D eigenvalue weighted by Crippen LogP contribution is 2.37. The zero-order chi connectivity index (χ0) is 28.0. The molecule has 0 saturated carbocycles. The van der Waals surface area contributed by atoms with Gasteiger partial charge in [0, 0.05) is 36.1 Å². The van der Waals surface area contributed by atoms with E-state index in [2.05, 4.69) is 10.3 Å². The second-order valence-electron chi connectivity index (χ2n) is 10.1. The number of rotatable bonds is 2. The van der Waals surface area contributed by atoms with E-state index in [4.69, 9.17) is 20.5 Å². The fourth-order valence-corrected chi connectivity index (χ4v) is 6.67. The van der Waals surface area contributed by atoms with Crippen molar-refractivity contribution in [3.05, 3.63) is 81.4 Å². The van der Waals surface area contributed by atoms with Crippen LogP contribution in [0.15, 0.2) is 48.5 Å². The number of carboxylic acids is 1. The molecule has 4 heterocycles. The average molecular weight is 583 g/mol. The van der Waals surface area contributed by atoms with Crippen molar-refractivity contribution in [3.63, 3.8) is 0 Å². The lowest BCUT2D eigenvalue weighted by Crippen LogP contribution is -2.37. The molecule has 0 radical (unpaired) electrons. The molecule has 0 spiro atoms. The van der Waals surface area contributed by atoms with Crippen molar-refractivity contribution in [2.24, 2.45) is 0 Å². The molecule has 0 amide bonds. The predicted molar refractivity (Wildman–Crippen MR) is 148 cm³/mol. The van der Waals surface area contributed by atoms with Crippen LogP contribution in [0, 0.1) is 6.92 Å². The Balaban J connectivity index is 1.47. The summed E-state index contributed by atoms with van der Waals surface area (Å²) < 4.78 is 40.5. The lowest BCUT2D eigenvalue weighted by Gasteiger charge is -2.28. The Kier molecular flexibility index (Phi) is 6.89. The van der Waals surface area contributed by atoms with Crippen molar-refractivity contribution >= 4 is 38.9 Å². The summed E-state index contributed by atoms with van der Waals surface area (Å²) in [4.78, 5) is 12.0. The second-order valence-corrected chi connectivity index (χ2v) is 12.0. The van der Waals surface area contributed by atoms with E-state index in [9.17, 15) is 18.3 Å². The Morgan fingerprint density at radius 1 is 1.10 bits per heavy atom. The topological polar surface area (TPSA) is 124 Å². The Hall–Kier alpha value is -3.67. The van der Waals surface area contributed by atoms with Crippen LogP contribution in [0.3, 0.4) is 0 Å². The van der Waals surface area contributed by atoms with E-state index in [0.29, 0.717) is 40.6 Å². The maximum Gasteiger partial charge on any atom is 0.385 e. The van der Waals surface area contributed by atoms with Gasteiger partial charge in [-0.2, -0.15) is 12.7 Å². The monoisotopic (exact) mass is 582 g/mol. The van der Waals surface area contributed by atoms with Crippen LogP contribution in [-0.4, -0.2) is 45.4 Å². The van der Waals surface area contributed by atoms with Crippen molar-refractivity contribution in [1.82, 2.24) is 19.3 Å². The smallest absolute Gasteiger partial charge is 0.385 e. The lowest BCUT2D eigenvalue weighted by molar-refractivity contribution is -0.137. The fourth-order valence-electron chi connectivity index (χ4n) is 5.40. The van der Waals surface area contributed by atoms with Gasteiger partial charge in [-0.05, 0) is 72.4 Å². The average Bonchev–Trinajstić information content (AvgIpc) is 3.32. The molecule has 0 aliphatic carbocycles. The minimum absolute atomic E-state index is 0.0499. The summed E-state index contributed by atoms with van der Waals surface area (Å²) in [6.07, 6.45) is 1.43. The minimum atomic E-state index is -4.09. The molecule has 9 bridgehead atoms. The molecule has 2 unspecified atom stereocenters. The fraction of sp³-hybridized carbons (Fsp3) is 0.321. The highest BCUT2D eigenvalue weighted by atomic mass is 35.5. The third kappa shape index (κ3) is 5.00. The molecule has 2 atom stereocenters. The van der Waals surface area contributed by atoms with Crippen LogP contribution < -0.4 is 8.92 Å². The van der Waals surface area contributed by atoms with Gasteiger partial charge in [-0.3, -0.25) is 4.79 Å². The van der Waals surface area contributed by atoms with Gasteiger partial charge >= 0.3 is 16.3 Å². The summed E-state index contributed by atoms with van der Waals surface area (Å²) in [5.74, 6) is -0.577. The number of fused-ring (bicyclic) bond motifs is 5. The molecule has 3 aromatic carbocycles. The van der Waals surface area contributed by atoms with Gasteiger partial charge in [0.25, 0.3) is 0 Å². The zero-order valence-electron chi connectivity index (χ0n) is 21.7. The second kappa shape index (κ2) is 10.4. The molecule has 3 aliphatic heterocycles. The normalized spacial score (nSPS) is 20.2. The van der Waals surface area contributed by atoms with Crippen molar-refractivity contribution in [3.8, 4) is 11.5 Å². The Morgan fingerprint density at radius 2 is 1.93 bits per heavy atom. The first-order valence-corrected chi connectivity index (χ1v) is 14.7. The van der Waals surface area contributed by atoms with Crippen molar-refractivity contribution < 1.29 is 27.2 Å². The number of benzene rings is 3. The lowest BCUT2D eigenvalue weighted by atomic mass is 9.85. The maximum atomic E-state index is 13.0. The third-order valence-electron chi connectivity index (χ3n) is 7.48. The van der Waals surface area contributed by atoms with E-state index in [1.165, 1.54) is 4.31 Å². The van der Waals surface area contributed by atoms with Gasteiger partial charge in [0.15, 0.2) is 0 Å². The number of nitrogens with zero attached hydrogens (tertiary/aromatic N) is 4. The standard InChI is InChI=1S/C28H27ClN4O6S/c1-17-22-6-8-25-28(17)30-31-33(25)10-2-3-11-38-21-5-9-26-20(13-21)16-32(40(36,37)39-26)15-19-12-18(4-7-24(19)29)23(22)14-27(34)35/h4-9,12-13,23H,2-3,10-11,14-16H2,1H3,(H,34,35). The molecule has 40 heavy (non-hydrogen) atoms. The third-order valence-corrected chi connectivity index (χ3v) is 9.13. The van der Waals surface area contributed by atoms with Gasteiger partial charge in [-0.1, -0.05) is 35.0 Å². The summed E-state index contributed by atoms with van der Waals surface area (Å²) in [5, 5.41) is 19.0. The van der Waals surface area contributed by atoms with Crippen molar-refractivity contribution in [1.29, 1.82) is 0 Å². The van der Waals surface area contributed by atoms with Crippen LogP contribution in [0.2, 0.25) is 5.02 Å². The number of carbonyl (C=O) groups is 1. The molecule has 208 valence electrons. The van der Waals surface area contributed by atoms with Gasteiger partial charge < -0.3 is 14.0 Å². The molecular weight excluding hydrogens is 556 g/mol. The van der Waals surface area contributed by atoms with E-state index in [-0.39, 0.29) is 25.3 Å². The molecule has 0 fully saturated rings. The van der Waals surface area contributed by atoms with Gasteiger partial charge in [0.1, 0.15) is 17.0 Å². The van der Waals surface area contributed by atoms with E-state index < -0.39 is 22.2 Å². The number of hydrogen-bond donors (Lipinski definition) is 1. The number of carboxylic acid groups (broad SMARTS) is 1. The molecule has 3 aliphatic rings. The first-order chi connectivity index (χ1) is 19.2. The molecule has 1 aromatic heterocycles. The highest BCUT2D eigenvalue weighted by molar-refractivity contribution is 7.84. The summed E-state index contributed by atoms with van der Waals surface area (Å²) in [6, 6.07) is 14.2. The van der Waals surface area contributed by atoms with E-state index in [1.807, 2.05) is 23.7 Å². The van der Waals surface area contributed by atoms with Gasteiger partial charge in [-0.25, -0.2) is 4.68 Å². The Labute approximate surface area is 236 Å². The van der Waals surface area contributed by atoms with Gasteiger partial charge in [0.05, 0.1) is 18.5 Å². The van der Waals surface area contributed by atoms with Crippen LogP contribution >= 0.6 is 11.6 Å². The molecule has 12 heteroatoms. The molecule has 1 N–H and O–H groups in total. The number of hydrogen-bond acceptors (Lipinski definition) is 7. The van der Waals surface area contributed by atoms with Crippen LogP contribution in [0.5, 0.6) is 11.5 Å². The number of aryl methyl sites for hydroxylation is 2. The SMILES string of the molecule is Cc1c2ccc3c1nnn3CCCCOc1ccc3c(c1)CN(Cc1cc(ccc1Cl)C2CC(=O)O)S(=O)(=O)O3. The number of ether oxygens (including phenoxy) is 1. The van der Waals surface area contributed by atoms with E-state index in [0.717, 1.165) is 35.0 Å². The highest BCUT2D eigenvalue weighted by Gasteiger charge is 2.33. The Morgan fingerprint density at radius 3 is 2.75 bits per heavy atom. The van der Waals surface area contributed by atoms with Crippen molar-refractivity contribution in [2.75, 3.05) is 6.61 Å². The summed E-state index contributed by atoms with van der Waals surface area (Å²) in [7, 11) is -4.09. The van der Waals surface area contributed by atoms with Crippen LogP contribution in [0.4, 0.5) is 0 Å². The molecule has 7 rings (SSSR count). The first-order valence-electron chi connectivity index (χ1n) is 13.0. The summed E-state index contributed by atoms with van der Waals surface area (Å²) in [5.41, 5.74) is 5.19. The van der Waals surface area contributed by atoms with E-state index in [1.54, 1.807) is 36.4 Å². The largest absolute Gasteiger partial charge is 0.494 e. The van der Waals surface area contributed by atoms with Crippen LogP contribution in [-0.2, 0) is 34.7 Å². The molecule has 10 nitrogen and oxygen atoms in total. The van der Waals surface area contributed by atoms with Crippen LogP contribution in [0.1, 0.15) is 53.0 Å². The zero-order valence-corrected chi connectivity index (χ0v) is 23.3.